The van der Waals surface area contributed by atoms with Crippen molar-refractivity contribution in [3.05, 3.63) is 0 Å². The summed E-state index contributed by atoms with van der Waals surface area (Å²) in [6.45, 7) is 2.77. The molecule has 0 bridgehead atoms. The van der Waals surface area contributed by atoms with Gasteiger partial charge in [-0.1, -0.05) is 0 Å². The number of amides is 2. The Morgan fingerprint density at radius 2 is 2.00 bits per heavy atom. The van der Waals surface area contributed by atoms with Gasteiger partial charge in [0.15, 0.2) is 0 Å². The molecule has 5 nitrogen and oxygen atoms in total. The molecule has 0 atom stereocenters. The predicted octanol–water partition coefficient (Wildman–Crippen LogP) is -0.725. The second-order valence-electron chi connectivity index (χ2n) is 2.52. The number of nitrogens with one attached hydrogen (secondary N) is 2. The quantitative estimate of drug-likeness (QED) is 0.540. The molecule has 5 heteroatoms. The number of carbonyl (C=O) groups excluding carboxylic acids is 2. The molecule has 0 aliphatic carbocycles. The van der Waals surface area contributed by atoms with Crippen molar-refractivity contribution in [1.82, 2.24) is 10.6 Å². The maximum absolute atomic E-state index is 10.7. The van der Waals surface area contributed by atoms with E-state index in [9.17, 15) is 9.59 Å². The molecular weight excluding hydrogens is 172 g/mol. The maximum Gasteiger partial charge on any atom is 0.222 e. The summed E-state index contributed by atoms with van der Waals surface area (Å²) >= 11 is 0. The van der Waals surface area contributed by atoms with Gasteiger partial charge in [-0.05, 0) is 0 Å². The van der Waals surface area contributed by atoms with E-state index in [2.05, 4.69) is 10.6 Å². The summed E-state index contributed by atoms with van der Waals surface area (Å²) in [5.74, 6) is -0.116. The van der Waals surface area contributed by atoms with Crippen LogP contribution in [0.3, 0.4) is 0 Å². The minimum absolute atomic E-state index is 0.0421. The molecule has 2 N–H and O–H groups in total. The third kappa shape index (κ3) is 8.81. The molecule has 2 amide bonds. The number of hydrogen-bond donors (Lipinski definition) is 2. The predicted molar refractivity (Wildman–Crippen MR) is 48.2 cm³/mol. The van der Waals surface area contributed by atoms with Gasteiger partial charge in [-0.3, -0.25) is 9.59 Å². The maximum atomic E-state index is 10.7. The first kappa shape index (κ1) is 11.9. The summed E-state index contributed by atoms with van der Waals surface area (Å²) in [6.07, 6.45) is 0.358. The lowest BCUT2D eigenvalue weighted by Gasteiger charge is -2.03. The molecule has 0 fully saturated rings. The van der Waals surface area contributed by atoms with Gasteiger partial charge >= 0.3 is 0 Å². The lowest BCUT2D eigenvalue weighted by Crippen LogP contribution is -2.25. The average molecular weight is 188 g/mol. The van der Waals surface area contributed by atoms with E-state index < -0.39 is 0 Å². The fraction of sp³-hybridized carbons (Fsp3) is 0.750. The summed E-state index contributed by atoms with van der Waals surface area (Å²) in [6, 6.07) is 0. The van der Waals surface area contributed by atoms with Gasteiger partial charge < -0.3 is 15.4 Å². The van der Waals surface area contributed by atoms with Gasteiger partial charge in [0.05, 0.1) is 13.2 Å². The summed E-state index contributed by atoms with van der Waals surface area (Å²) in [5.41, 5.74) is 0. The summed E-state index contributed by atoms with van der Waals surface area (Å²) < 4.78 is 5.08. The molecule has 0 saturated heterocycles. The Morgan fingerprint density at radius 1 is 1.31 bits per heavy atom. The van der Waals surface area contributed by atoms with Crippen molar-refractivity contribution < 1.29 is 14.3 Å². The van der Waals surface area contributed by atoms with Crippen LogP contribution in [0.5, 0.6) is 0 Å². The second kappa shape index (κ2) is 7.54. The van der Waals surface area contributed by atoms with E-state index in [-0.39, 0.29) is 11.8 Å². The van der Waals surface area contributed by atoms with Crippen LogP contribution in [0.15, 0.2) is 0 Å². The fourth-order valence-electron chi connectivity index (χ4n) is 0.691. The van der Waals surface area contributed by atoms with Crippen LogP contribution >= 0.6 is 0 Å². The highest BCUT2D eigenvalue weighted by Crippen LogP contribution is 1.81. The Labute approximate surface area is 77.8 Å². The van der Waals surface area contributed by atoms with Crippen molar-refractivity contribution in [2.24, 2.45) is 0 Å². The zero-order valence-corrected chi connectivity index (χ0v) is 8.05. The van der Waals surface area contributed by atoms with E-state index in [1.54, 1.807) is 7.05 Å². The first-order valence-electron chi connectivity index (χ1n) is 4.19. The first-order chi connectivity index (χ1) is 6.16. The fourth-order valence-corrected chi connectivity index (χ4v) is 0.691. The van der Waals surface area contributed by atoms with Crippen LogP contribution in [0.1, 0.15) is 13.3 Å². The standard InChI is InChI=1S/C8H16N2O3/c1-7(11)10-4-6-13-5-3-8(12)9-2/h3-6H2,1-2H3,(H,9,12)(H,10,11). The monoisotopic (exact) mass is 188 g/mol. The smallest absolute Gasteiger partial charge is 0.222 e. The lowest BCUT2D eigenvalue weighted by atomic mass is 10.4. The second-order valence-corrected chi connectivity index (χ2v) is 2.52. The van der Waals surface area contributed by atoms with Gasteiger partial charge in [0.25, 0.3) is 0 Å². The molecule has 0 saturated carbocycles. The van der Waals surface area contributed by atoms with Gasteiger partial charge in [0.1, 0.15) is 0 Å². The van der Waals surface area contributed by atoms with E-state index in [1.807, 2.05) is 0 Å². The topological polar surface area (TPSA) is 67.4 Å². The summed E-state index contributed by atoms with van der Waals surface area (Å²) in [4.78, 5) is 21.1. The van der Waals surface area contributed by atoms with Crippen molar-refractivity contribution in [3.8, 4) is 0 Å². The van der Waals surface area contributed by atoms with Gasteiger partial charge in [0, 0.05) is 26.9 Å². The minimum Gasteiger partial charge on any atom is -0.379 e. The van der Waals surface area contributed by atoms with Crippen molar-refractivity contribution >= 4 is 11.8 Å². The van der Waals surface area contributed by atoms with Gasteiger partial charge in [-0.25, -0.2) is 0 Å². The van der Waals surface area contributed by atoms with Crippen LogP contribution in [-0.2, 0) is 14.3 Å². The molecule has 0 aliphatic heterocycles. The highest BCUT2D eigenvalue weighted by Gasteiger charge is 1.96. The molecule has 0 aromatic carbocycles. The zero-order chi connectivity index (χ0) is 10.1. The van der Waals surface area contributed by atoms with Crippen LogP contribution in [0, 0.1) is 0 Å². The molecular formula is C8H16N2O3. The Kier molecular flexibility index (Phi) is 6.91. The molecule has 76 valence electrons. The Morgan fingerprint density at radius 3 is 2.54 bits per heavy atom. The van der Waals surface area contributed by atoms with E-state index in [0.29, 0.717) is 26.2 Å². The van der Waals surface area contributed by atoms with Gasteiger partial charge in [-0.2, -0.15) is 0 Å². The van der Waals surface area contributed by atoms with Crippen molar-refractivity contribution in [1.29, 1.82) is 0 Å². The normalized spacial score (nSPS) is 9.38. The minimum atomic E-state index is -0.0742. The van der Waals surface area contributed by atoms with Crippen LogP contribution in [-0.4, -0.2) is 38.6 Å². The Hall–Kier alpha value is -1.10. The van der Waals surface area contributed by atoms with Crippen molar-refractivity contribution in [2.75, 3.05) is 26.8 Å². The average Bonchev–Trinajstić information content (AvgIpc) is 2.10. The summed E-state index contributed by atoms with van der Waals surface area (Å²) in [5, 5.41) is 5.07. The molecule has 0 spiro atoms. The molecule has 0 aromatic heterocycles. The number of rotatable bonds is 6. The molecule has 0 radical (unpaired) electrons. The third-order valence-electron chi connectivity index (χ3n) is 1.37. The lowest BCUT2D eigenvalue weighted by molar-refractivity contribution is -0.122. The Balaban J connectivity index is 3.08. The Bertz CT molecular complexity index is 171. The first-order valence-corrected chi connectivity index (χ1v) is 4.19. The third-order valence-corrected chi connectivity index (χ3v) is 1.37. The molecule has 0 rings (SSSR count). The van der Waals surface area contributed by atoms with Crippen molar-refractivity contribution in [3.63, 3.8) is 0 Å². The molecule has 0 aromatic rings. The van der Waals surface area contributed by atoms with Gasteiger partial charge in [0.2, 0.25) is 11.8 Å². The number of carbonyl (C=O) groups is 2. The highest BCUT2D eigenvalue weighted by molar-refractivity contribution is 5.75. The van der Waals surface area contributed by atoms with Crippen molar-refractivity contribution in [2.45, 2.75) is 13.3 Å². The van der Waals surface area contributed by atoms with Crippen LogP contribution in [0.25, 0.3) is 0 Å². The van der Waals surface area contributed by atoms with E-state index in [4.69, 9.17) is 4.74 Å². The summed E-state index contributed by atoms with van der Waals surface area (Å²) in [7, 11) is 1.58. The molecule has 0 aliphatic rings. The van der Waals surface area contributed by atoms with E-state index >= 15 is 0 Å². The van der Waals surface area contributed by atoms with Gasteiger partial charge in [-0.15, -0.1) is 0 Å². The van der Waals surface area contributed by atoms with Crippen LogP contribution < -0.4 is 10.6 Å². The zero-order valence-electron chi connectivity index (χ0n) is 8.05. The molecule has 13 heavy (non-hydrogen) atoms. The highest BCUT2D eigenvalue weighted by atomic mass is 16.5. The van der Waals surface area contributed by atoms with E-state index in [0.717, 1.165) is 0 Å². The number of ether oxygens (including phenoxy) is 1. The molecule has 0 heterocycles. The van der Waals surface area contributed by atoms with Crippen LogP contribution in [0.2, 0.25) is 0 Å². The number of hydrogen-bond acceptors (Lipinski definition) is 3. The SMILES string of the molecule is CNC(=O)CCOCCNC(C)=O. The largest absolute Gasteiger partial charge is 0.379 e. The van der Waals surface area contributed by atoms with Crippen LogP contribution in [0.4, 0.5) is 0 Å². The molecule has 0 unspecified atom stereocenters. The van der Waals surface area contributed by atoms with E-state index in [1.165, 1.54) is 6.92 Å².